The molecule has 0 saturated carbocycles. The van der Waals surface area contributed by atoms with E-state index in [1.807, 2.05) is 0 Å². The normalized spacial score (nSPS) is 18.4. The standard InChI is InChI=1S/C18H21FN2O5S/c1-3-15-17(10-16(26-15)18(22)25-2)27(23,24)21-8-7-20-11-14(21)12-5-4-6-13(19)9-12/h4-6,9-10,14,20H,3,7-8,11H2,1-2H3. The number of hydrogen-bond donors (Lipinski definition) is 1. The average molecular weight is 396 g/mol. The lowest BCUT2D eigenvalue weighted by Gasteiger charge is -2.35. The molecule has 9 heteroatoms. The third-order valence-corrected chi connectivity index (χ3v) is 6.45. The minimum Gasteiger partial charge on any atom is -0.463 e. The molecule has 1 atom stereocenters. The van der Waals surface area contributed by atoms with Gasteiger partial charge in [0, 0.05) is 32.1 Å². The van der Waals surface area contributed by atoms with Crippen LogP contribution in [0.4, 0.5) is 4.39 Å². The summed E-state index contributed by atoms with van der Waals surface area (Å²) < 4.78 is 51.7. The van der Waals surface area contributed by atoms with E-state index in [2.05, 4.69) is 10.1 Å². The van der Waals surface area contributed by atoms with E-state index < -0.39 is 27.9 Å². The minimum absolute atomic E-state index is 0.0614. The highest BCUT2D eigenvalue weighted by Crippen LogP contribution is 2.32. The van der Waals surface area contributed by atoms with Crippen molar-refractivity contribution in [2.24, 2.45) is 0 Å². The SMILES string of the molecule is CCc1oc(C(=O)OC)cc1S(=O)(=O)N1CCNCC1c1cccc(F)c1. The molecular weight excluding hydrogens is 375 g/mol. The third kappa shape index (κ3) is 3.76. The molecular formula is C18H21FN2O5S. The van der Waals surface area contributed by atoms with E-state index in [4.69, 9.17) is 4.42 Å². The molecule has 146 valence electrons. The molecule has 0 radical (unpaired) electrons. The number of aryl methyl sites for hydroxylation is 1. The summed E-state index contributed by atoms with van der Waals surface area (Å²) in [4.78, 5) is 11.7. The summed E-state index contributed by atoms with van der Waals surface area (Å²) in [7, 11) is -2.77. The molecule has 1 N–H and O–H groups in total. The summed E-state index contributed by atoms with van der Waals surface area (Å²) >= 11 is 0. The summed E-state index contributed by atoms with van der Waals surface area (Å²) in [5.74, 6) is -1.15. The largest absolute Gasteiger partial charge is 0.463 e. The number of nitrogens with one attached hydrogen (secondary N) is 1. The van der Waals surface area contributed by atoms with Crippen molar-refractivity contribution in [3.8, 4) is 0 Å². The number of halogens is 1. The van der Waals surface area contributed by atoms with Crippen molar-refractivity contribution in [2.45, 2.75) is 24.3 Å². The zero-order valence-electron chi connectivity index (χ0n) is 15.1. The molecule has 0 aliphatic carbocycles. The molecule has 2 heterocycles. The molecule has 1 saturated heterocycles. The predicted molar refractivity (Wildman–Crippen MR) is 95.3 cm³/mol. The number of esters is 1. The Hall–Kier alpha value is -2.23. The van der Waals surface area contributed by atoms with Gasteiger partial charge in [-0.3, -0.25) is 0 Å². The summed E-state index contributed by atoms with van der Waals surface area (Å²) in [6, 6.07) is 6.52. The van der Waals surface area contributed by atoms with Gasteiger partial charge in [-0.2, -0.15) is 4.31 Å². The van der Waals surface area contributed by atoms with Gasteiger partial charge in [-0.25, -0.2) is 17.6 Å². The van der Waals surface area contributed by atoms with Crippen LogP contribution in [0.3, 0.4) is 0 Å². The highest BCUT2D eigenvalue weighted by Gasteiger charge is 2.37. The number of nitrogens with zero attached hydrogens (tertiary/aromatic N) is 1. The Morgan fingerprint density at radius 1 is 1.41 bits per heavy atom. The van der Waals surface area contributed by atoms with Crippen LogP contribution >= 0.6 is 0 Å². The fraction of sp³-hybridized carbons (Fsp3) is 0.389. The average Bonchev–Trinajstić information content (AvgIpc) is 3.13. The summed E-state index contributed by atoms with van der Waals surface area (Å²) in [6.45, 7) is 2.77. The van der Waals surface area contributed by atoms with Crippen molar-refractivity contribution >= 4 is 16.0 Å². The molecule has 1 unspecified atom stereocenters. The maximum Gasteiger partial charge on any atom is 0.373 e. The number of sulfonamides is 1. The van der Waals surface area contributed by atoms with E-state index in [0.717, 1.165) is 0 Å². The molecule has 1 aromatic carbocycles. The summed E-state index contributed by atoms with van der Waals surface area (Å²) in [5, 5.41) is 3.14. The number of benzene rings is 1. The number of piperazine rings is 1. The van der Waals surface area contributed by atoms with Crippen molar-refractivity contribution < 1.29 is 26.8 Å². The minimum atomic E-state index is -3.97. The molecule has 1 fully saturated rings. The highest BCUT2D eigenvalue weighted by molar-refractivity contribution is 7.89. The molecule has 7 nitrogen and oxygen atoms in total. The fourth-order valence-electron chi connectivity index (χ4n) is 3.18. The van der Waals surface area contributed by atoms with Gasteiger partial charge < -0.3 is 14.5 Å². The Kier molecular flexibility index (Phi) is 5.64. The molecule has 0 amide bonds. The quantitative estimate of drug-likeness (QED) is 0.779. The fourth-order valence-corrected chi connectivity index (χ4v) is 5.02. The molecule has 1 aliphatic heterocycles. The van der Waals surface area contributed by atoms with Gasteiger partial charge in [-0.1, -0.05) is 19.1 Å². The lowest BCUT2D eigenvalue weighted by atomic mass is 10.1. The topological polar surface area (TPSA) is 88.8 Å². The van der Waals surface area contributed by atoms with E-state index in [1.54, 1.807) is 19.1 Å². The van der Waals surface area contributed by atoms with Crippen LogP contribution in [-0.2, 0) is 21.2 Å². The molecule has 27 heavy (non-hydrogen) atoms. The second kappa shape index (κ2) is 7.79. The van der Waals surface area contributed by atoms with E-state index in [0.29, 0.717) is 25.1 Å². The van der Waals surface area contributed by atoms with Gasteiger partial charge in [0.05, 0.1) is 13.2 Å². The molecule has 2 aromatic rings. The van der Waals surface area contributed by atoms with Crippen molar-refractivity contribution in [1.82, 2.24) is 9.62 Å². The monoisotopic (exact) mass is 396 g/mol. The second-order valence-electron chi connectivity index (χ2n) is 6.13. The van der Waals surface area contributed by atoms with Gasteiger partial charge in [-0.05, 0) is 17.7 Å². The Morgan fingerprint density at radius 2 is 2.19 bits per heavy atom. The molecule has 0 spiro atoms. The van der Waals surface area contributed by atoms with Crippen molar-refractivity contribution in [1.29, 1.82) is 0 Å². The molecule has 3 rings (SSSR count). The van der Waals surface area contributed by atoms with Gasteiger partial charge in [0.2, 0.25) is 15.8 Å². The lowest BCUT2D eigenvalue weighted by Crippen LogP contribution is -2.48. The van der Waals surface area contributed by atoms with Crippen molar-refractivity contribution in [2.75, 3.05) is 26.7 Å². The van der Waals surface area contributed by atoms with Crippen LogP contribution in [0.5, 0.6) is 0 Å². The zero-order valence-corrected chi connectivity index (χ0v) is 15.9. The van der Waals surface area contributed by atoms with Crippen LogP contribution in [0.1, 0.15) is 34.8 Å². The number of carbonyl (C=O) groups is 1. The first-order valence-corrected chi connectivity index (χ1v) is 10.0. The van der Waals surface area contributed by atoms with E-state index in [1.165, 1.54) is 29.6 Å². The second-order valence-corrected chi connectivity index (χ2v) is 7.99. The predicted octanol–water partition coefficient (Wildman–Crippen LogP) is 2.10. The van der Waals surface area contributed by atoms with E-state index in [9.17, 15) is 17.6 Å². The van der Waals surface area contributed by atoms with Gasteiger partial charge in [0.15, 0.2) is 0 Å². The van der Waals surface area contributed by atoms with Crippen molar-refractivity contribution in [3.63, 3.8) is 0 Å². The first kappa shape index (κ1) is 19.5. The number of carbonyl (C=O) groups excluding carboxylic acids is 1. The van der Waals surface area contributed by atoms with Gasteiger partial charge in [0.25, 0.3) is 0 Å². The van der Waals surface area contributed by atoms with E-state index >= 15 is 0 Å². The number of hydrogen-bond acceptors (Lipinski definition) is 6. The Labute approximate surface area is 157 Å². The van der Waals surface area contributed by atoms with Crippen LogP contribution in [0.2, 0.25) is 0 Å². The van der Waals surface area contributed by atoms with Crippen LogP contribution in [0.25, 0.3) is 0 Å². The lowest BCUT2D eigenvalue weighted by molar-refractivity contribution is 0.0563. The van der Waals surface area contributed by atoms with Crippen molar-refractivity contribution in [3.05, 3.63) is 53.2 Å². The van der Waals surface area contributed by atoms with E-state index in [-0.39, 0.29) is 23.0 Å². The number of ether oxygens (including phenoxy) is 1. The number of methoxy groups -OCH3 is 1. The Bertz CT molecular complexity index is 941. The highest BCUT2D eigenvalue weighted by atomic mass is 32.2. The van der Waals surface area contributed by atoms with Crippen LogP contribution in [-0.4, -0.2) is 45.4 Å². The Balaban J connectivity index is 2.04. The van der Waals surface area contributed by atoms with Crippen LogP contribution < -0.4 is 5.32 Å². The van der Waals surface area contributed by atoms with Crippen LogP contribution in [0.15, 0.2) is 39.6 Å². The van der Waals surface area contributed by atoms with Gasteiger partial charge in [-0.15, -0.1) is 0 Å². The number of furan rings is 1. The summed E-state index contributed by atoms with van der Waals surface area (Å²) in [5.41, 5.74) is 0.556. The molecule has 0 bridgehead atoms. The maximum absolute atomic E-state index is 13.7. The first-order chi connectivity index (χ1) is 12.9. The van der Waals surface area contributed by atoms with Crippen LogP contribution in [0, 0.1) is 5.82 Å². The van der Waals surface area contributed by atoms with Gasteiger partial charge in [0.1, 0.15) is 16.5 Å². The first-order valence-electron chi connectivity index (χ1n) is 8.57. The maximum atomic E-state index is 13.7. The Morgan fingerprint density at radius 3 is 2.85 bits per heavy atom. The third-order valence-electron chi connectivity index (χ3n) is 4.49. The molecule has 1 aromatic heterocycles. The smallest absolute Gasteiger partial charge is 0.373 e. The zero-order chi connectivity index (χ0) is 19.6. The van der Waals surface area contributed by atoms with Gasteiger partial charge >= 0.3 is 5.97 Å². The summed E-state index contributed by atoms with van der Waals surface area (Å²) in [6.07, 6.45) is 0.294. The molecule has 1 aliphatic rings. The number of rotatable bonds is 5.